The number of methoxy groups -OCH3 is 1. The molecule has 0 saturated heterocycles. The largest absolute Gasteiger partial charge is 0.452 e. The maximum absolute atomic E-state index is 12.3. The molecule has 2 amide bonds. The van der Waals surface area contributed by atoms with Gasteiger partial charge in [-0.2, -0.15) is 5.10 Å². The molecule has 2 rings (SSSR count). The van der Waals surface area contributed by atoms with E-state index in [9.17, 15) is 9.59 Å². The highest BCUT2D eigenvalue weighted by atomic mass is 35.5. The number of hydrogen-bond acceptors (Lipinski definition) is 4. The van der Waals surface area contributed by atoms with E-state index in [1.54, 1.807) is 43.3 Å². The number of halogens is 2. The molecule has 2 N–H and O–H groups in total. The van der Waals surface area contributed by atoms with E-state index in [4.69, 9.17) is 23.2 Å². The molecule has 130 valence electrons. The first-order valence-corrected chi connectivity index (χ1v) is 7.91. The van der Waals surface area contributed by atoms with Gasteiger partial charge >= 0.3 is 6.09 Å². The number of nitrogens with one attached hydrogen (secondary N) is 2. The van der Waals surface area contributed by atoms with E-state index < -0.39 is 6.09 Å². The van der Waals surface area contributed by atoms with Crippen molar-refractivity contribution in [1.29, 1.82) is 0 Å². The zero-order valence-corrected chi connectivity index (χ0v) is 15.0. The third kappa shape index (κ3) is 5.20. The summed E-state index contributed by atoms with van der Waals surface area (Å²) < 4.78 is 4.45. The molecular formula is C17H15Cl2N3O3. The molecule has 0 saturated carbocycles. The first-order chi connectivity index (χ1) is 11.9. The Morgan fingerprint density at radius 3 is 2.56 bits per heavy atom. The molecule has 0 aliphatic heterocycles. The second-order valence-electron chi connectivity index (χ2n) is 4.96. The van der Waals surface area contributed by atoms with Gasteiger partial charge in [0.2, 0.25) is 0 Å². The zero-order chi connectivity index (χ0) is 18.4. The third-order valence-electron chi connectivity index (χ3n) is 3.21. The average molecular weight is 380 g/mol. The van der Waals surface area contributed by atoms with Crippen LogP contribution >= 0.6 is 23.2 Å². The van der Waals surface area contributed by atoms with Gasteiger partial charge in [-0.1, -0.05) is 35.3 Å². The topological polar surface area (TPSA) is 79.8 Å². The van der Waals surface area contributed by atoms with Crippen molar-refractivity contribution in [2.45, 2.75) is 6.92 Å². The number of hydrazone groups is 1. The number of hydrogen-bond donors (Lipinski definition) is 2. The molecule has 25 heavy (non-hydrogen) atoms. The van der Waals surface area contributed by atoms with Crippen LogP contribution in [0.1, 0.15) is 22.8 Å². The van der Waals surface area contributed by atoms with Crippen LogP contribution in [0.15, 0.2) is 47.6 Å². The van der Waals surface area contributed by atoms with Gasteiger partial charge in [0, 0.05) is 10.7 Å². The summed E-state index contributed by atoms with van der Waals surface area (Å²) in [4.78, 5) is 23.4. The number of rotatable bonds is 4. The van der Waals surface area contributed by atoms with Gasteiger partial charge in [0.15, 0.2) is 0 Å². The predicted molar refractivity (Wildman–Crippen MR) is 98.6 cm³/mol. The Kier molecular flexibility index (Phi) is 6.38. The minimum absolute atomic E-state index is 0.265. The van der Waals surface area contributed by atoms with Crippen LogP contribution in [-0.2, 0) is 4.74 Å². The number of carbonyl (C=O) groups is 2. The third-order valence-corrected chi connectivity index (χ3v) is 3.76. The molecule has 6 nitrogen and oxygen atoms in total. The highest BCUT2D eigenvalue weighted by molar-refractivity contribution is 6.37. The van der Waals surface area contributed by atoms with Crippen molar-refractivity contribution in [1.82, 2.24) is 5.43 Å². The maximum atomic E-state index is 12.3. The molecule has 0 aliphatic carbocycles. The fraction of sp³-hybridized carbons (Fsp3) is 0.118. The van der Waals surface area contributed by atoms with Crippen LogP contribution < -0.4 is 10.7 Å². The summed E-state index contributed by atoms with van der Waals surface area (Å²) in [6.07, 6.45) is -0.666. The molecule has 0 bridgehead atoms. The Labute approximate surface area is 154 Å². The number of anilines is 1. The van der Waals surface area contributed by atoms with Crippen LogP contribution in [0.5, 0.6) is 0 Å². The van der Waals surface area contributed by atoms with E-state index >= 15 is 0 Å². The second kappa shape index (κ2) is 8.50. The van der Waals surface area contributed by atoms with E-state index in [1.807, 2.05) is 0 Å². The molecule has 0 radical (unpaired) electrons. The maximum Gasteiger partial charge on any atom is 0.427 e. The van der Waals surface area contributed by atoms with Crippen LogP contribution in [0.2, 0.25) is 10.0 Å². The Balaban J connectivity index is 2.15. The fourth-order valence-corrected chi connectivity index (χ4v) is 2.43. The van der Waals surface area contributed by atoms with Gasteiger partial charge in [-0.05, 0) is 42.8 Å². The molecule has 0 unspecified atom stereocenters. The van der Waals surface area contributed by atoms with Crippen molar-refractivity contribution in [2.75, 3.05) is 12.4 Å². The van der Waals surface area contributed by atoms with Crippen molar-refractivity contribution in [3.63, 3.8) is 0 Å². The van der Waals surface area contributed by atoms with E-state index in [0.717, 1.165) is 5.56 Å². The predicted octanol–water partition coefficient (Wildman–Crippen LogP) is 4.33. The quantitative estimate of drug-likeness (QED) is 0.612. The van der Waals surface area contributed by atoms with E-state index in [0.29, 0.717) is 22.0 Å². The molecule has 0 spiro atoms. The summed E-state index contributed by atoms with van der Waals surface area (Å²) in [6.45, 7) is 1.72. The van der Waals surface area contributed by atoms with E-state index in [1.165, 1.54) is 13.2 Å². The van der Waals surface area contributed by atoms with E-state index in [-0.39, 0.29) is 10.9 Å². The Morgan fingerprint density at radius 1 is 1.12 bits per heavy atom. The molecule has 2 aromatic carbocycles. The lowest BCUT2D eigenvalue weighted by molar-refractivity contribution is 0.102. The number of nitrogens with zero attached hydrogens (tertiary/aromatic N) is 1. The molecule has 0 heterocycles. The Bertz CT molecular complexity index is 838. The number of ether oxygens (including phenoxy) is 1. The van der Waals surface area contributed by atoms with Gasteiger partial charge < -0.3 is 10.1 Å². The van der Waals surface area contributed by atoms with Gasteiger partial charge in [0.1, 0.15) is 0 Å². The first-order valence-electron chi connectivity index (χ1n) is 7.16. The number of amides is 2. The first kappa shape index (κ1) is 18.8. The fourth-order valence-electron chi connectivity index (χ4n) is 1.93. The number of benzene rings is 2. The molecule has 2 aromatic rings. The molecule has 0 aromatic heterocycles. The summed E-state index contributed by atoms with van der Waals surface area (Å²) in [5.41, 5.74) is 4.38. The summed E-state index contributed by atoms with van der Waals surface area (Å²) >= 11 is 11.9. The van der Waals surface area contributed by atoms with Crippen LogP contribution in [0, 0.1) is 0 Å². The SMILES string of the molecule is COC(=O)NN=C(C)c1cccc(NC(=O)c2ccc(Cl)cc2Cl)c1. The highest BCUT2D eigenvalue weighted by Crippen LogP contribution is 2.22. The smallest absolute Gasteiger partial charge is 0.427 e. The molecular weight excluding hydrogens is 365 g/mol. The minimum Gasteiger partial charge on any atom is -0.452 e. The summed E-state index contributed by atoms with van der Waals surface area (Å²) in [6, 6.07) is 11.6. The second-order valence-corrected chi connectivity index (χ2v) is 5.80. The van der Waals surface area contributed by atoms with Gasteiger partial charge in [0.25, 0.3) is 5.91 Å². The summed E-state index contributed by atoms with van der Waals surface area (Å²) in [5, 5.41) is 7.38. The van der Waals surface area contributed by atoms with Crippen molar-refractivity contribution >= 4 is 46.6 Å². The molecule has 8 heteroatoms. The van der Waals surface area contributed by atoms with Crippen LogP contribution in [-0.4, -0.2) is 24.8 Å². The van der Waals surface area contributed by atoms with Gasteiger partial charge in [-0.15, -0.1) is 0 Å². The highest BCUT2D eigenvalue weighted by Gasteiger charge is 2.11. The lowest BCUT2D eigenvalue weighted by Gasteiger charge is -2.09. The van der Waals surface area contributed by atoms with Gasteiger partial charge in [-0.3, -0.25) is 4.79 Å². The minimum atomic E-state index is -0.666. The summed E-state index contributed by atoms with van der Waals surface area (Å²) in [7, 11) is 1.25. The molecule has 0 aliphatic rings. The molecule has 0 atom stereocenters. The van der Waals surface area contributed by atoms with E-state index in [2.05, 4.69) is 20.6 Å². The van der Waals surface area contributed by atoms with Gasteiger partial charge in [0.05, 0.1) is 23.4 Å². The van der Waals surface area contributed by atoms with Crippen LogP contribution in [0.25, 0.3) is 0 Å². The Hall–Kier alpha value is -2.57. The van der Waals surface area contributed by atoms with Crippen molar-refractivity contribution in [3.05, 3.63) is 63.6 Å². The average Bonchev–Trinajstić information content (AvgIpc) is 2.59. The lowest BCUT2D eigenvalue weighted by Crippen LogP contribution is -2.18. The molecule has 0 fully saturated rings. The standard InChI is InChI=1S/C17H15Cl2N3O3/c1-10(21-22-17(24)25-2)11-4-3-5-13(8-11)20-16(23)14-7-6-12(18)9-15(14)19/h3-9H,1-2H3,(H,20,23)(H,22,24). The van der Waals surface area contributed by atoms with Crippen molar-refractivity contribution < 1.29 is 14.3 Å². The summed E-state index contributed by atoms with van der Waals surface area (Å²) in [5.74, 6) is -0.360. The van der Waals surface area contributed by atoms with Crippen molar-refractivity contribution in [3.8, 4) is 0 Å². The van der Waals surface area contributed by atoms with Crippen LogP contribution in [0.4, 0.5) is 10.5 Å². The monoisotopic (exact) mass is 379 g/mol. The van der Waals surface area contributed by atoms with Gasteiger partial charge in [-0.25, -0.2) is 10.2 Å². The normalized spacial score (nSPS) is 11.0. The lowest BCUT2D eigenvalue weighted by atomic mass is 10.1. The van der Waals surface area contributed by atoms with Crippen molar-refractivity contribution in [2.24, 2.45) is 5.10 Å². The van der Waals surface area contributed by atoms with Crippen LogP contribution in [0.3, 0.4) is 0 Å². The Morgan fingerprint density at radius 2 is 1.88 bits per heavy atom. The number of carbonyl (C=O) groups excluding carboxylic acids is 2. The zero-order valence-electron chi connectivity index (χ0n) is 13.5.